The first-order valence-electron chi connectivity index (χ1n) is 14.1. The van der Waals surface area contributed by atoms with Crippen molar-refractivity contribution in [1.82, 2.24) is 10.2 Å². The van der Waals surface area contributed by atoms with Crippen LogP contribution in [0.4, 0.5) is 0 Å². The number of rotatable bonds is 9. The van der Waals surface area contributed by atoms with Crippen LogP contribution in [0, 0.1) is 0 Å². The molecule has 6 rings (SSSR count). The highest BCUT2D eigenvalue weighted by molar-refractivity contribution is 6.22. The predicted molar refractivity (Wildman–Crippen MR) is 164 cm³/mol. The van der Waals surface area contributed by atoms with Gasteiger partial charge in [-0.05, 0) is 46.4 Å². The molecule has 0 aliphatic carbocycles. The minimum Gasteiger partial charge on any atom is -0.347 e. The number of imide groups is 1. The second-order valence-corrected chi connectivity index (χ2v) is 10.5. The van der Waals surface area contributed by atoms with Gasteiger partial charge in [0.1, 0.15) is 6.04 Å². The van der Waals surface area contributed by atoms with Gasteiger partial charge in [-0.3, -0.25) is 19.3 Å². The molecule has 2 atom stereocenters. The summed E-state index contributed by atoms with van der Waals surface area (Å²) in [5.41, 5.74) is 5.71. The normalized spacial score (nSPS) is 13.9. The van der Waals surface area contributed by atoms with E-state index in [-0.39, 0.29) is 18.4 Å². The smallest absolute Gasteiger partial charge is 0.262 e. The van der Waals surface area contributed by atoms with E-state index >= 15 is 0 Å². The molecule has 0 aromatic heterocycles. The number of amides is 3. The van der Waals surface area contributed by atoms with Gasteiger partial charge in [0.15, 0.2) is 0 Å². The molecule has 5 nitrogen and oxygen atoms in total. The first kappa shape index (κ1) is 26.9. The van der Waals surface area contributed by atoms with E-state index in [1.165, 1.54) is 0 Å². The molecule has 0 fully saturated rings. The quantitative estimate of drug-likeness (QED) is 0.209. The van der Waals surface area contributed by atoms with Gasteiger partial charge in [-0.25, -0.2) is 0 Å². The molecule has 0 unspecified atom stereocenters. The second-order valence-electron chi connectivity index (χ2n) is 10.5. The average Bonchev–Trinajstić information content (AvgIpc) is 3.30. The predicted octanol–water partition coefficient (Wildman–Crippen LogP) is 6.66. The van der Waals surface area contributed by atoms with E-state index in [4.69, 9.17) is 0 Å². The van der Waals surface area contributed by atoms with Crippen LogP contribution in [0.2, 0.25) is 0 Å². The fourth-order valence-electron chi connectivity index (χ4n) is 5.54. The summed E-state index contributed by atoms with van der Waals surface area (Å²) in [4.78, 5) is 42.3. The first-order valence-corrected chi connectivity index (χ1v) is 14.1. The lowest BCUT2D eigenvalue weighted by Crippen LogP contribution is -2.51. The highest BCUT2D eigenvalue weighted by Crippen LogP contribution is 2.28. The lowest BCUT2D eigenvalue weighted by molar-refractivity contribution is -0.125. The Hall–Kier alpha value is -5.29. The molecule has 5 aromatic carbocycles. The number of hydrogen-bond donors (Lipinski definition) is 1. The summed E-state index contributed by atoms with van der Waals surface area (Å²) in [6.07, 6.45) is 0.764. The van der Waals surface area contributed by atoms with Gasteiger partial charge in [-0.2, -0.15) is 0 Å². The lowest BCUT2D eigenvalue weighted by atomic mass is 9.95. The van der Waals surface area contributed by atoms with Crippen molar-refractivity contribution in [3.8, 4) is 11.1 Å². The third-order valence-corrected chi connectivity index (χ3v) is 7.73. The summed E-state index contributed by atoms with van der Waals surface area (Å²) in [6.45, 7) is 0. The van der Waals surface area contributed by atoms with Crippen LogP contribution in [0.1, 0.15) is 43.4 Å². The molecule has 1 aliphatic rings. The van der Waals surface area contributed by atoms with E-state index in [0.29, 0.717) is 17.5 Å². The number of fused-ring (bicyclic) bond motifs is 1. The van der Waals surface area contributed by atoms with Crippen molar-refractivity contribution in [3.05, 3.63) is 167 Å². The largest absolute Gasteiger partial charge is 0.347 e. The molecule has 0 bridgehead atoms. The number of carbonyl (C=O) groups excluding carboxylic acids is 3. The Morgan fingerprint density at radius 2 is 1.00 bits per heavy atom. The highest BCUT2D eigenvalue weighted by atomic mass is 16.2. The molecular weight excluding hydrogens is 520 g/mol. The molecule has 0 saturated carbocycles. The van der Waals surface area contributed by atoms with Crippen molar-refractivity contribution in [2.75, 3.05) is 0 Å². The van der Waals surface area contributed by atoms with Gasteiger partial charge in [-0.15, -0.1) is 0 Å². The summed E-state index contributed by atoms with van der Waals surface area (Å²) in [5, 5.41) is 3.22. The summed E-state index contributed by atoms with van der Waals surface area (Å²) in [5.74, 6) is -1.27. The van der Waals surface area contributed by atoms with E-state index < -0.39 is 17.9 Å². The zero-order valence-corrected chi connectivity index (χ0v) is 23.0. The van der Waals surface area contributed by atoms with E-state index in [0.717, 1.165) is 32.7 Å². The maximum Gasteiger partial charge on any atom is 0.262 e. The van der Waals surface area contributed by atoms with E-state index in [1.54, 1.807) is 24.3 Å². The number of benzene rings is 5. The summed E-state index contributed by atoms with van der Waals surface area (Å²) < 4.78 is 0. The summed E-state index contributed by atoms with van der Waals surface area (Å²) >= 11 is 0. The monoisotopic (exact) mass is 550 g/mol. The zero-order chi connectivity index (χ0) is 28.9. The number of nitrogens with zero attached hydrogens (tertiary/aromatic N) is 1. The van der Waals surface area contributed by atoms with Gasteiger partial charge in [0, 0.05) is 6.42 Å². The van der Waals surface area contributed by atoms with Crippen LogP contribution in [0.15, 0.2) is 140 Å². The minimum atomic E-state index is -1.01. The Balaban J connectivity index is 1.33. The van der Waals surface area contributed by atoms with Gasteiger partial charge in [0.25, 0.3) is 11.8 Å². The Labute approximate surface area is 245 Å². The molecular formula is C37H30N2O3. The average molecular weight is 551 g/mol. The molecule has 0 radical (unpaired) electrons. The Kier molecular flexibility index (Phi) is 7.73. The molecule has 206 valence electrons. The van der Waals surface area contributed by atoms with Crippen LogP contribution < -0.4 is 5.32 Å². The summed E-state index contributed by atoms with van der Waals surface area (Å²) in [7, 11) is 0. The summed E-state index contributed by atoms with van der Waals surface area (Å²) in [6, 6.07) is 43.1. The highest BCUT2D eigenvalue weighted by Gasteiger charge is 2.43. The van der Waals surface area contributed by atoms with Crippen LogP contribution in [0.25, 0.3) is 11.1 Å². The van der Waals surface area contributed by atoms with Crippen molar-refractivity contribution in [2.45, 2.75) is 24.9 Å². The van der Waals surface area contributed by atoms with Gasteiger partial charge in [0.05, 0.1) is 17.2 Å². The molecule has 1 aliphatic heterocycles. The second kappa shape index (κ2) is 12.1. The fraction of sp³-hybridized carbons (Fsp3) is 0.108. The number of hydrogen-bond acceptors (Lipinski definition) is 3. The third kappa shape index (κ3) is 5.63. The first-order chi connectivity index (χ1) is 20.6. The maximum absolute atomic E-state index is 14.2. The zero-order valence-electron chi connectivity index (χ0n) is 23.0. The van der Waals surface area contributed by atoms with Crippen LogP contribution >= 0.6 is 0 Å². The van der Waals surface area contributed by atoms with Crippen molar-refractivity contribution < 1.29 is 14.4 Å². The van der Waals surface area contributed by atoms with E-state index in [1.807, 2.05) is 91.0 Å². The van der Waals surface area contributed by atoms with Crippen molar-refractivity contribution in [2.24, 2.45) is 0 Å². The third-order valence-electron chi connectivity index (χ3n) is 7.73. The van der Waals surface area contributed by atoms with E-state index in [9.17, 15) is 14.4 Å². The Morgan fingerprint density at radius 1 is 0.548 bits per heavy atom. The van der Waals surface area contributed by atoms with Gasteiger partial charge >= 0.3 is 0 Å². The molecule has 3 amide bonds. The molecule has 5 aromatic rings. The standard InChI is InChI=1S/C37H30N2O3/c40-35(34(25-27-14-6-2-7-15-27)39-36(41)31-18-10-11-19-32(31)37(39)42)38-33(24-26-12-4-1-5-13-26)30-22-20-29(21-23-30)28-16-8-3-9-17-28/h1-23,33-34H,24-25H2,(H,38,40)/t33-,34+/m0/s1. The minimum absolute atomic E-state index is 0.211. The molecule has 0 spiro atoms. The van der Waals surface area contributed by atoms with Crippen molar-refractivity contribution >= 4 is 17.7 Å². The molecule has 1 heterocycles. The van der Waals surface area contributed by atoms with Crippen LogP contribution in [-0.4, -0.2) is 28.7 Å². The molecule has 0 saturated heterocycles. The molecule has 5 heteroatoms. The molecule has 1 N–H and O–H groups in total. The van der Waals surface area contributed by atoms with Gasteiger partial charge in [0.2, 0.25) is 5.91 Å². The fourth-order valence-corrected chi connectivity index (χ4v) is 5.54. The number of nitrogens with one attached hydrogen (secondary N) is 1. The maximum atomic E-state index is 14.2. The van der Waals surface area contributed by atoms with Crippen molar-refractivity contribution in [3.63, 3.8) is 0 Å². The molecule has 42 heavy (non-hydrogen) atoms. The van der Waals surface area contributed by atoms with Crippen LogP contribution in [0.3, 0.4) is 0 Å². The Bertz CT molecular complexity index is 1670. The lowest BCUT2D eigenvalue weighted by Gasteiger charge is -2.28. The van der Waals surface area contributed by atoms with Crippen LogP contribution in [-0.2, 0) is 17.6 Å². The van der Waals surface area contributed by atoms with Crippen molar-refractivity contribution in [1.29, 1.82) is 0 Å². The van der Waals surface area contributed by atoms with Crippen LogP contribution in [0.5, 0.6) is 0 Å². The Morgan fingerprint density at radius 3 is 1.55 bits per heavy atom. The SMILES string of the molecule is O=C(N[C@@H](Cc1ccccc1)c1ccc(-c2ccccc2)cc1)[C@@H](Cc1ccccc1)N1C(=O)c2ccccc2C1=O. The van der Waals surface area contributed by atoms with Gasteiger partial charge in [-0.1, -0.05) is 127 Å². The topological polar surface area (TPSA) is 66.5 Å². The number of carbonyl (C=O) groups is 3. The van der Waals surface area contributed by atoms with Gasteiger partial charge < -0.3 is 5.32 Å². The van der Waals surface area contributed by atoms with E-state index in [2.05, 4.69) is 29.6 Å².